The molecule has 174 valence electrons. The molecule has 3 amide bonds. The van der Waals surface area contributed by atoms with Crippen LogP contribution in [0.15, 0.2) is 42.5 Å². The number of nitrogens with one attached hydrogen (secondary N) is 1. The maximum absolute atomic E-state index is 13.3. The van der Waals surface area contributed by atoms with Gasteiger partial charge in [-0.15, -0.1) is 0 Å². The Hall–Kier alpha value is -3.19. The fraction of sp³-hybridized carbons (Fsp3) is 0.423. The molecule has 0 atom stereocenters. The van der Waals surface area contributed by atoms with E-state index in [1.165, 1.54) is 0 Å². The quantitative estimate of drug-likeness (QED) is 0.737. The summed E-state index contributed by atoms with van der Waals surface area (Å²) in [7, 11) is 1.75. The number of carbonyl (C=O) groups excluding carboxylic acids is 3. The first-order valence-electron chi connectivity index (χ1n) is 11.6. The second-order valence-corrected chi connectivity index (χ2v) is 9.07. The molecule has 1 aliphatic carbocycles. The Morgan fingerprint density at radius 1 is 0.939 bits per heavy atom. The standard InChI is InChI=1S/C26H32N4O3/c1-18-7-6-8-19(2)24(18)27-23(31)17-29-13-15-30(16-14-29)26(33)21-9-4-5-10-22(21)28(3)25(32)20-11-12-20/h4-10,20H,11-17H2,1-3H3,(H,27,31). The summed E-state index contributed by atoms with van der Waals surface area (Å²) in [6.45, 7) is 6.62. The summed E-state index contributed by atoms with van der Waals surface area (Å²) in [6, 6.07) is 13.3. The van der Waals surface area contributed by atoms with Crippen LogP contribution in [-0.2, 0) is 9.59 Å². The predicted octanol–water partition coefficient (Wildman–Crippen LogP) is 3.07. The third kappa shape index (κ3) is 5.25. The normalized spacial score (nSPS) is 16.4. The average Bonchev–Trinajstić information content (AvgIpc) is 3.66. The van der Waals surface area contributed by atoms with Gasteiger partial charge in [-0.2, -0.15) is 0 Å². The van der Waals surface area contributed by atoms with Crippen LogP contribution in [0.5, 0.6) is 0 Å². The second kappa shape index (κ2) is 9.75. The molecule has 0 unspecified atom stereocenters. The van der Waals surface area contributed by atoms with Crippen LogP contribution in [0.1, 0.15) is 34.3 Å². The van der Waals surface area contributed by atoms with Crippen molar-refractivity contribution in [3.63, 3.8) is 0 Å². The Morgan fingerprint density at radius 2 is 1.58 bits per heavy atom. The van der Waals surface area contributed by atoms with Gasteiger partial charge in [-0.25, -0.2) is 0 Å². The molecule has 1 saturated carbocycles. The van der Waals surface area contributed by atoms with E-state index in [4.69, 9.17) is 0 Å². The lowest BCUT2D eigenvalue weighted by atomic mass is 10.1. The van der Waals surface area contributed by atoms with Gasteiger partial charge in [0.25, 0.3) is 5.91 Å². The first-order valence-corrected chi connectivity index (χ1v) is 11.6. The molecule has 33 heavy (non-hydrogen) atoms. The smallest absolute Gasteiger partial charge is 0.256 e. The lowest BCUT2D eigenvalue weighted by Crippen LogP contribution is -2.50. The number of aryl methyl sites for hydroxylation is 2. The van der Waals surface area contributed by atoms with E-state index in [-0.39, 0.29) is 23.6 Å². The van der Waals surface area contributed by atoms with Crippen LogP contribution in [-0.4, -0.2) is 67.3 Å². The molecule has 1 N–H and O–H groups in total. The fourth-order valence-electron chi connectivity index (χ4n) is 4.34. The molecule has 0 aromatic heterocycles. The summed E-state index contributed by atoms with van der Waals surface area (Å²) in [4.78, 5) is 43.9. The lowest BCUT2D eigenvalue weighted by Gasteiger charge is -2.35. The highest BCUT2D eigenvalue weighted by Gasteiger charge is 2.34. The molecule has 0 bridgehead atoms. The van der Waals surface area contributed by atoms with Crippen LogP contribution in [0, 0.1) is 19.8 Å². The Labute approximate surface area is 195 Å². The summed E-state index contributed by atoms with van der Waals surface area (Å²) < 4.78 is 0. The monoisotopic (exact) mass is 448 g/mol. The van der Waals surface area contributed by atoms with Crippen LogP contribution in [0.2, 0.25) is 0 Å². The van der Waals surface area contributed by atoms with E-state index in [1.807, 2.05) is 55.1 Å². The third-order valence-corrected chi connectivity index (χ3v) is 6.53. The maximum Gasteiger partial charge on any atom is 0.256 e. The van der Waals surface area contributed by atoms with Crippen LogP contribution >= 0.6 is 0 Å². The van der Waals surface area contributed by atoms with Gasteiger partial charge in [-0.05, 0) is 49.9 Å². The third-order valence-electron chi connectivity index (χ3n) is 6.53. The van der Waals surface area contributed by atoms with E-state index in [0.717, 1.165) is 29.7 Å². The van der Waals surface area contributed by atoms with Crippen molar-refractivity contribution in [2.75, 3.05) is 50.0 Å². The van der Waals surface area contributed by atoms with Crippen molar-refractivity contribution in [1.29, 1.82) is 0 Å². The molecule has 2 fully saturated rings. The Morgan fingerprint density at radius 3 is 2.21 bits per heavy atom. The van der Waals surface area contributed by atoms with Gasteiger partial charge in [-0.3, -0.25) is 19.3 Å². The van der Waals surface area contributed by atoms with Crippen LogP contribution < -0.4 is 10.2 Å². The molecule has 7 heteroatoms. The molecule has 1 saturated heterocycles. The molecule has 4 rings (SSSR count). The van der Waals surface area contributed by atoms with Crippen LogP contribution in [0.4, 0.5) is 11.4 Å². The highest BCUT2D eigenvalue weighted by Crippen LogP contribution is 2.33. The zero-order valence-electron chi connectivity index (χ0n) is 19.6. The Bertz CT molecular complexity index is 1040. The minimum Gasteiger partial charge on any atom is -0.336 e. The maximum atomic E-state index is 13.3. The van der Waals surface area contributed by atoms with Crippen molar-refractivity contribution in [1.82, 2.24) is 9.80 Å². The predicted molar refractivity (Wildman–Crippen MR) is 129 cm³/mol. The van der Waals surface area contributed by atoms with E-state index in [1.54, 1.807) is 18.0 Å². The molecule has 2 aliphatic rings. The number of rotatable bonds is 6. The first-order chi connectivity index (χ1) is 15.8. The molecule has 2 aromatic rings. The summed E-state index contributed by atoms with van der Waals surface area (Å²) >= 11 is 0. The topological polar surface area (TPSA) is 73.0 Å². The first kappa shape index (κ1) is 23.0. The molecule has 7 nitrogen and oxygen atoms in total. The summed E-state index contributed by atoms with van der Waals surface area (Å²) in [5.41, 5.74) is 4.17. The minimum absolute atomic E-state index is 0.0438. The number of anilines is 2. The minimum atomic E-state index is -0.0688. The Kier molecular flexibility index (Phi) is 6.79. The number of amides is 3. The SMILES string of the molecule is Cc1cccc(C)c1NC(=O)CN1CCN(C(=O)c2ccccc2N(C)C(=O)C2CC2)CC1. The number of hydrogen-bond donors (Lipinski definition) is 1. The van der Waals surface area contributed by atoms with Crippen LogP contribution in [0.3, 0.4) is 0 Å². The van der Waals surface area contributed by atoms with Crippen molar-refractivity contribution >= 4 is 29.1 Å². The molecule has 0 radical (unpaired) electrons. The number of para-hydroxylation sites is 2. The van der Waals surface area contributed by atoms with Gasteiger partial charge < -0.3 is 15.1 Å². The number of hydrogen-bond acceptors (Lipinski definition) is 4. The van der Waals surface area contributed by atoms with Crippen molar-refractivity contribution in [3.05, 3.63) is 59.2 Å². The van der Waals surface area contributed by atoms with Gasteiger partial charge in [0, 0.05) is 44.8 Å². The number of piperazine rings is 1. The molecule has 1 aliphatic heterocycles. The molecule has 0 spiro atoms. The Balaban J connectivity index is 1.34. The highest BCUT2D eigenvalue weighted by molar-refractivity contribution is 6.05. The van der Waals surface area contributed by atoms with Crippen LogP contribution in [0.25, 0.3) is 0 Å². The second-order valence-electron chi connectivity index (χ2n) is 9.07. The van der Waals surface area contributed by atoms with Gasteiger partial charge >= 0.3 is 0 Å². The summed E-state index contributed by atoms with van der Waals surface area (Å²) in [6.07, 6.45) is 1.86. The molecular weight excluding hydrogens is 416 g/mol. The van der Waals surface area contributed by atoms with Gasteiger partial charge in [0.05, 0.1) is 17.8 Å². The van der Waals surface area contributed by atoms with E-state index in [2.05, 4.69) is 10.2 Å². The fourth-order valence-corrected chi connectivity index (χ4v) is 4.34. The lowest BCUT2D eigenvalue weighted by molar-refractivity contribution is -0.119. The number of benzene rings is 2. The van der Waals surface area contributed by atoms with E-state index in [9.17, 15) is 14.4 Å². The van der Waals surface area contributed by atoms with Gasteiger partial charge in [0.2, 0.25) is 11.8 Å². The molecular formula is C26H32N4O3. The van der Waals surface area contributed by atoms with E-state index < -0.39 is 0 Å². The van der Waals surface area contributed by atoms with E-state index >= 15 is 0 Å². The summed E-state index contributed by atoms with van der Waals surface area (Å²) in [5, 5.41) is 3.03. The molecule has 1 heterocycles. The van der Waals surface area contributed by atoms with Gasteiger partial charge in [0.15, 0.2) is 0 Å². The van der Waals surface area contributed by atoms with Crippen molar-refractivity contribution in [2.45, 2.75) is 26.7 Å². The van der Waals surface area contributed by atoms with Gasteiger partial charge in [-0.1, -0.05) is 30.3 Å². The molecule has 2 aromatic carbocycles. The van der Waals surface area contributed by atoms with E-state index in [0.29, 0.717) is 44.0 Å². The van der Waals surface area contributed by atoms with Crippen molar-refractivity contribution in [2.24, 2.45) is 5.92 Å². The zero-order valence-corrected chi connectivity index (χ0v) is 19.6. The highest BCUT2D eigenvalue weighted by atomic mass is 16.2. The zero-order chi connectivity index (χ0) is 23.5. The average molecular weight is 449 g/mol. The van der Waals surface area contributed by atoms with Crippen molar-refractivity contribution in [3.8, 4) is 0 Å². The van der Waals surface area contributed by atoms with Crippen molar-refractivity contribution < 1.29 is 14.4 Å². The van der Waals surface area contributed by atoms with Gasteiger partial charge in [0.1, 0.15) is 0 Å². The number of nitrogens with zero attached hydrogens (tertiary/aromatic N) is 3. The largest absolute Gasteiger partial charge is 0.336 e. The summed E-state index contributed by atoms with van der Waals surface area (Å²) in [5.74, 6) is 0.0599. The number of carbonyl (C=O) groups is 3.